The summed E-state index contributed by atoms with van der Waals surface area (Å²) >= 11 is 0. The zero-order valence-corrected chi connectivity index (χ0v) is 10.3. The van der Waals surface area contributed by atoms with Crippen molar-refractivity contribution in [2.45, 2.75) is 58.9 Å². The molecule has 0 aromatic carbocycles. The van der Waals surface area contributed by atoms with Gasteiger partial charge < -0.3 is 10.4 Å². The van der Waals surface area contributed by atoms with E-state index in [0.29, 0.717) is 5.92 Å². The van der Waals surface area contributed by atoms with Gasteiger partial charge in [-0.3, -0.25) is 0 Å². The third-order valence-corrected chi connectivity index (χ3v) is 2.62. The highest BCUT2D eigenvalue weighted by atomic mass is 16.3. The van der Waals surface area contributed by atoms with E-state index in [1.165, 1.54) is 19.3 Å². The van der Waals surface area contributed by atoms with Crippen LogP contribution in [-0.2, 0) is 0 Å². The minimum absolute atomic E-state index is 0.0700. The lowest BCUT2D eigenvalue weighted by Crippen LogP contribution is -2.47. The van der Waals surface area contributed by atoms with E-state index in [0.717, 1.165) is 13.0 Å². The topological polar surface area (TPSA) is 32.3 Å². The van der Waals surface area contributed by atoms with Gasteiger partial charge in [0.2, 0.25) is 0 Å². The lowest BCUT2D eigenvalue weighted by molar-refractivity contribution is 0.159. The maximum absolute atomic E-state index is 9.34. The summed E-state index contributed by atoms with van der Waals surface area (Å²) in [5.41, 5.74) is -0.0700. The van der Waals surface area contributed by atoms with Crippen molar-refractivity contribution in [2.75, 3.05) is 13.2 Å². The Morgan fingerprint density at radius 2 is 1.93 bits per heavy atom. The Morgan fingerprint density at radius 3 is 2.36 bits per heavy atom. The number of nitrogens with one attached hydrogen (secondary N) is 1. The van der Waals surface area contributed by atoms with Gasteiger partial charge in [0.15, 0.2) is 0 Å². The second-order valence-corrected chi connectivity index (χ2v) is 4.95. The molecule has 0 spiro atoms. The quantitative estimate of drug-likeness (QED) is 0.592. The highest BCUT2D eigenvalue weighted by molar-refractivity contribution is 4.82. The first-order chi connectivity index (χ1) is 6.54. The first-order valence-corrected chi connectivity index (χ1v) is 5.90. The average Bonchev–Trinajstić information content (AvgIpc) is 2.15. The van der Waals surface area contributed by atoms with Crippen molar-refractivity contribution in [2.24, 2.45) is 5.92 Å². The lowest BCUT2D eigenvalue weighted by atomic mass is 9.94. The van der Waals surface area contributed by atoms with Crippen LogP contribution >= 0.6 is 0 Å². The van der Waals surface area contributed by atoms with Crippen LogP contribution in [0.15, 0.2) is 0 Å². The molecule has 0 saturated heterocycles. The Kier molecular flexibility index (Phi) is 7.20. The van der Waals surface area contributed by atoms with Gasteiger partial charge in [0.1, 0.15) is 0 Å². The highest BCUT2D eigenvalue weighted by Crippen LogP contribution is 2.14. The SMILES string of the molecule is CCCCCC(C)(CO)NCC(C)C. The molecule has 0 aliphatic carbocycles. The van der Waals surface area contributed by atoms with E-state index < -0.39 is 0 Å². The number of unbranched alkanes of at least 4 members (excludes halogenated alkanes) is 2. The molecule has 0 aromatic rings. The molecule has 0 radical (unpaired) electrons. The Balaban J connectivity index is 3.79. The van der Waals surface area contributed by atoms with Crippen molar-refractivity contribution < 1.29 is 5.11 Å². The van der Waals surface area contributed by atoms with Crippen molar-refractivity contribution in [3.05, 3.63) is 0 Å². The van der Waals surface area contributed by atoms with Gasteiger partial charge in [-0.05, 0) is 25.8 Å². The molecule has 0 aliphatic rings. The van der Waals surface area contributed by atoms with Crippen LogP contribution in [0.25, 0.3) is 0 Å². The molecule has 0 heterocycles. The van der Waals surface area contributed by atoms with Crippen molar-refractivity contribution in [1.82, 2.24) is 5.32 Å². The predicted octanol–water partition coefficient (Wildman–Crippen LogP) is 2.56. The van der Waals surface area contributed by atoms with Crippen LogP contribution in [0.4, 0.5) is 0 Å². The van der Waals surface area contributed by atoms with E-state index in [-0.39, 0.29) is 12.1 Å². The van der Waals surface area contributed by atoms with Gasteiger partial charge in [0.05, 0.1) is 6.61 Å². The molecule has 2 nitrogen and oxygen atoms in total. The van der Waals surface area contributed by atoms with Crippen LogP contribution in [0.3, 0.4) is 0 Å². The number of hydrogen-bond acceptors (Lipinski definition) is 2. The standard InChI is InChI=1S/C12H27NO/c1-5-6-7-8-12(4,10-14)13-9-11(2)3/h11,13-14H,5-10H2,1-4H3. The fraction of sp³-hybridized carbons (Fsp3) is 1.00. The second-order valence-electron chi connectivity index (χ2n) is 4.95. The first-order valence-electron chi connectivity index (χ1n) is 5.90. The van der Waals surface area contributed by atoms with Crippen LogP contribution in [0, 0.1) is 5.92 Å². The summed E-state index contributed by atoms with van der Waals surface area (Å²) in [5.74, 6) is 0.645. The molecule has 0 aromatic heterocycles. The van der Waals surface area contributed by atoms with Gasteiger partial charge in [-0.15, -0.1) is 0 Å². The fourth-order valence-electron chi connectivity index (χ4n) is 1.44. The maximum atomic E-state index is 9.34. The van der Waals surface area contributed by atoms with Crippen LogP contribution in [0.1, 0.15) is 53.4 Å². The van der Waals surface area contributed by atoms with Gasteiger partial charge in [-0.2, -0.15) is 0 Å². The molecule has 1 atom stereocenters. The zero-order chi connectivity index (χ0) is 11.0. The average molecular weight is 201 g/mol. The molecule has 86 valence electrons. The summed E-state index contributed by atoms with van der Waals surface area (Å²) in [7, 11) is 0. The molecule has 0 bridgehead atoms. The molecule has 0 aliphatic heterocycles. The van der Waals surface area contributed by atoms with E-state index in [1.54, 1.807) is 0 Å². The Hall–Kier alpha value is -0.0800. The molecule has 14 heavy (non-hydrogen) atoms. The third kappa shape index (κ3) is 6.39. The molecule has 0 saturated carbocycles. The van der Waals surface area contributed by atoms with Crippen molar-refractivity contribution in [3.8, 4) is 0 Å². The smallest absolute Gasteiger partial charge is 0.0610 e. The zero-order valence-electron chi connectivity index (χ0n) is 10.3. The number of aliphatic hydroxyl groups is 1. The largest absolute Gasteiger partial charge is 0.394 e. The predicted molar refractivity (Wildman–Crippen MR) is 62.5 cm³/mol. The summed E-state index contributed by atoms with van der Waals surface area (Å²) in [6.07, 6.45) is 4.79. The van der Waals surface area contributed by atoms with Gasteiger partial charge in [0, 0.05) is 5.54 Å². The van der Waals surface area contributed by atoms with Gasteiger partial charge in [-0.25, -0.2) is 0 Å². The van der Waals surface area contributed by atoms with E-state index in [4.69, 9.17) is 0 Å². The molecule has 0 amide bonds. The van der Waals surface area contributed by atoms with E-state index in [1.807, 2.05) is 0 Å². The number of rotatable bonds is 8. The minimum atomic E-state index is -0.0700. The second kappa shape index (κ2) is 7.24. The summed E-state index contributed by atoms with van der Waals surface area (Å²) in [6.45, 7) is 9.93. The molecule has 1 unspecified atom stereocenters. The Bertz CT molecular complexity index is 136. The minimum Gasteiger partial charge on any atom is -0.394 e. The maximum Gasteiger partial charge on any atom is 0.0610 e. The van der Waals surface area contributed by atoms with E-state index >= 15 is 0 Å². The van der Waals surface area contributed by atoms with Gasteiger partial charge in [0.25, 0.3) is 0 Å². The summed E-state index contributed by atoms with van der Waals surface area (Å²) in [4.78, 5) is 0. The summed E-state index contributed by atoms with van der Waals surface area (Å²) in [6, 6.07) is 0. The van der Waals surface area contributed by atoms with Crippen LogP contribution in [0.5, 0.6) is 0 Å². The molecule has 0 fully saturated rings. The van der Waals surface area contributed by atoms with E-state index in [9.17, 15) is 5.11 Å². The molecular weight excluding hydrogens is 174 g/mol. The van der Waals surface area contributed by atoms with Crippen LogP contribution in [-0.4, -0.2) is 23.8 Å². The lowest BCUT2D eigenvalue weighted by Gasteiger charge is -2.30. The molecular formula is C12H27NO. The third-order valence-electron chi connectivity index (χ3n) is 2.62. The summed E-state index contributed by atoms with van der Waals surface area (Å²) in [5, 5.41) is 12.8. The van der Waals surface area contributed by atoms with E-state index in [2.05, 4.69) is 33.0 Å². The normalized spacial score (nSPS) is 15.9. The number of aliphatic hydroxyl groups excluding tert-OH is 1. The first kappa shape index (κ1) is 13.9. The Labute approximate surface area is 89.1 Å². The Morgan fingerprint density at radius 1 is 1.29 bits per heavy atom. The fourth-order valence-corrected chi connectivity index (χ4v) is 1.44. The summed E-state index contributed by atoms with van der Waals surface area (Å²) < 4.78 is 0. The molecule has 0 rings (SSSR count). The monoisotopic (exact) mass is 201 g/mol. The van der Waals surface area contributed by atoms with Crippen molar-refractivity contribution >= 4 is 0 Å². The molecule has 2 N–H and O–H groups in total. The van der Waals surface area contributed by atoms with Crippen molar-refractivity contribution in [1.29, 1.82) is 0 Å². The van der Waals surface area contributed by atoms with Crippen LogP contribution < -0.4 is 5.32 Å². The van der Waals surface area contributed by atoms with Crippen LogP contribution in [0.2, 0.25) is 0 Å². The van der Waals surface area contributed by atoms with Gasteiger partial charge in [-0.1, -0.05) is 40.0 Å². The van der Waals surface area contributed by atoms with Gasteiger partial charge >= 0.3 is 0 Å². The van der Waals surface area contributed by atoms with Crippen molar-refractivity contribution in [3.63, 3.8) is 0 Å². The number of hydrogen-bond donors (Lipinski definition) is 2. The molecule has 2 heteroatoms. The highest BCUT2D eigenvalue weighted by Gasteiger charge is 2.21.